The largest absolute Gasteiger partial charge is 0.332 e. The van der Waals surface area contributed by atoms with Gasteiger partial charge in [0.15, 0.2) is 0 Å². The van der Waals surface area contributed by atoms with E-state index in [9.17, 15) is 9.59 Å². The molecular weight excluding hydrogens is 364 g/mol. The number of halogens is 1. The zero-order valence-corrected chi connectivity index (χ0v) is 15.9. The van der Waals surface area contributed by atoms with E-state index in [1.807, 2.05) is 49.4 Å². The summed E-state index contributed by atoms with van der Waals surface area (Å²) in [7, 11) is 0. The molecule has 0 radical (unpaired) electrons. The van der Waals surface area contributed by atoms with Crippen LogP contribution in [0.4, 0.5) is 10.5 Å². The second kappa shape index (κ2) is 8.88. The van der Waals surface area contributed by atoms with Gasteiger partial charge in [0, 0.05) is 30.3 Å². The molecule has 0 spiro atoms. The topological polar surface area (TPSA) is 73.5 Å². The Kier molecular flexibility index (Phi) is 6.32. The molecule has 7 heteroatoms. The smallest absolute Gasteiger partial charge is 0.319 e. The Morgan fingerprint density at radius 1 is 1.22 bits per heavy atom. The van der Waals surface area contributed by atoms with Gasteiger partial charge >= 0.3 is 6.03 Å². The molecule has 3 amide bonds. The van der Waals surface area contributed by atoms with Crippen LogP contribution in [0.2, 0.25) is 5.02 Å². The maximum absolute atomic E-state index is 12.7. The van der Waals surface area contributed by atoms with Crippen molar-refractivity contribution in [3.8, 4) is 0 Å². The van der Waals surface area contributed by atoms with Crippen molar-refractivity contribution in [3.63, 3.8) is 0 Å². The summed E-state index contributed by atoms with van der Waals surface area (Å²) in [6.07, 6.45) is 0. The molecule has 1 saturated heterocycles. The van der Waals surface area contributed by atoms with Crippen LogP contribution in [0.15, 0.2) is 48.5 Å². The third-order valence-corrected chi connectivity index (χ3v) is 4.71. The Morgan fingerprint density at radius 2 is 2.04 bits per heavy atom. The van der Waals surface area contributed by atoms with Crippen molar-refractivity contribution in [1.82, 2.24) is 15.5 Å². The van der Waals surface area contributed by atoms with Crippen molar-refractivity contribution in [3.05, 3.63) is 64.7 Å². The van der Waals surface area contributed by atoms with Crippen LogP contribution in [-0.2, 0) is 4.79 Å². The highest BCUT2D eigenvalue weighted by Gasteiger charge is 2.28. The molecule has 3 rings (SSSR count). The first-order valence-corrected chi connectivity index (χ1v) is 9.28. The summed E-state index contributed by atoms with van der Waals surface area (Å²) in [4.78, 5) is 26.6. The number of carbonyl (C=O) groups is 2. The molecule has 2 aromatic carbocycles. The minimum atomic E-state index is -0.400. The number of rotatable bonds is 4. The van der Waals surface area contributed by atoms with E-state index in [1.165, 1.54) is 0 Å². The maximum atomic E-state index is 12.7. The summed E-state index contributed by atoms with van der Waals surface area (Å²) in [5.74, 6) is -0.124. The summed E-state index contributed by atoms with van der Waals surface area (Å²) in [5, 5.41) is 9.33. The van der Waals surface area contributed by atoms with Crippen LogP contribution in [0.5, 0.6) is 0 Å². The Balaban J connectivity index is 1.59. The molecule has 3 N–H and O–H groups in total. The number of nitrogens with zero attached hydrogens (tertiary/aromatic N) is 1. The number of amides is 3. The molecule has 0 aliphatic carbocycles. The van der Waals surface area contributed by atoms with Crippen molar-refractivity contribution in [2.24, 2.45) is 0 Å². The fourth-order valence-corrected chi connectivity index (χ4v) is 3.37. The van der Waals surface area contributed by atoms with Gasteiger partial charge in [-0.05, 0) is 42.3 Å². The van der Waals surface area contributed by atoms with Crippen molar-refractivity contribution in [2.45, 2.75) is 13.0 Å². The van der Waals surface area contributed by atoms with Gasteiger partial charge in [-0.3, -0.25) is 4.79 Å². The monoisotopic (exact) mass is 386 g/mol. The zero-order chi connectivity index (χ0) is 19.2. The van der Waals surface area contributed by atoms with Gasteiger partial charge < -0.3 is 20.9 Å². The van der Waals surface area contributed by atoms with Crippen molar-refractivity contribution in [2.75, 3.05) is 31.5 Å². The van der Waals surface area contributed by atoms with Gasteiger partial charge in [0.1, 0.15) is 0 Å². The predicted octanol–water partition coefficient (Wildman–Crippen LogP) is 2.94. The van der Waals surface area contributed by atoms with Gasteiger partial charge in [-0.2, -0.15) is 0 Å². The second-order valence-corrected chi connectivity index (χ2v) is 6.98. The van der Waals surface area contributed by atoms with E-state index in [-0.39, 0.29) is 18.5 Å². The number of hydrogen-bond acceptors (Lipinski definition) is 3. The van der Waals surface area contributed by atoms with Crippen LogP contribution in [0.1, 0.15) is 17.2 Å². The van der Waals surface area contributed by atoms with Gasteiger partial charge in [0.25, 0.3) is 0 Å². The van der Waals surface area contributed by atoms with Crippen LogP contribution in [-0.4, -0.2) is 43.0 Å². The molecule has 1 heterocycles. The molecule has 1 atom stereocenters. The molecule has 1 aliphatic rings. The highest BCUT2D eigenvalue weighted by molar-refractivity contribution is 6.30. The van der Waals surface area contributed by atoms with E-state index in [4.69, 9.17) is 11.6 Å². The van der Waals surface area contributed by atoms with Crippen LogP contribution in [0.25, 0.3) is 0 Å². The Bertz CT molecular complexity index is 827. The highest BCUT2D eigenvalue weighted by atomic mass is 35.5. The fraction of sp³-hybridized carbons (Fsp3) is 0.300. The molecule has 2 aromatic rings. The van der Waals surface area contributed by atoms with Gasteiger partial charge in [-0.25, -0.2) is 4.79 Å². The Morgan fingerprint density at radius 3 is 2.81 bits per heavy atom. The van der Waals surface area contributed by atoms with Gasteiger partial charge in [0.05, 0.1) is 12.6 Å². The first kappa shape index (κ1) is 19.2. The van der Waals surface area contributed by atoms with Crippen molar-refractivity contribution in [1.29, 1.82) is 0 Å². The number of aryl methyl sites for hydroxylation is 1. The molecule has 1 unspecified atom stereocenters. The number of anilines is 1. The molecule has 1 fully saturated rings. The number of urea groups is 1. The molecule has 0 saturated carbocycles. The lowest BCUT2D eigenvalue weighted by Crippen LogP contribution is -2.51. The minimum absolute atomic E-state index is 0.0608. The van der Waals surface area contributed by atoms with Crippen LogP contribution in [0.3, 0.4) is 0 Å². The lowest BCUT2D eigenvalue weighted by atomic mass is 10.0. The summed E-state index contributed by atoms with van der Waals surface area (Å²) >= 11 is 6.09. The number of nitrogens with one attached hydrogen (secondary N) is 3. The predicted molar refractivity (Wildman–Crippen MR) is 107 cm³/mol. The summed E-state index contributed by atoms with van der Waals surface area (Å²) in [5.41, 5.74) is 2.72. The van der Waals surface area contributed by atoms with Crippen molar-refractivity contribution < 1.29 is 9.59 Å². The van der Waals surface area contributed by atoms with Crippen LogP contribution in [0, 0.1) is 6.92 Å². The van der Waals surface area contributed by atoms with E-state index in [2.05, 4.69) is 16.0 Å². The fourth-order valence-electron chi connectivity index (χ4n) is 3.17. The molecule has 1 aliphatic heterocycles. The van der Waals surface area contributed by atoms with Crippen molar-refractivity contribution >= 4 is 29.2 Å². The SMILES string of the molecule is Cc1cccc(NC(=O)NCC(=O)N2CCNCC2c2cccc(Cl)c2)c1. The van der Waals surface area contributed by atoms with Gasteiger partial charge in [-0.1, -0.05) is 35.9 Å². The van der Waals surface area contributed by atoms with E-state index in [0.717, 1.165) is 17.7 Å². The van der Waals surface area contributed by atoms with Gasteiger partial charge in [0.2, 0.25) is 5.91 Å². The maximum Gasteiger partial charge on any atom is 0.319 e. The first-order valence-electron chi connectivity index (χ1n) is 8.90. The number of hydrogen-bond donors (Lipinski definition) is 3. The summed E-state index contributed by atoms with van der Waals surface area (Å²) in [6, 6.07) is 14.5. The molecule has 0 bridgehead atoms. The lowest BCUT2D eigenvalue weighted by molar-refractivity contribution is -0.133. The van der Waals surface area contributed by atoms with Crippen LogP contribution < -0.4 is 16.0 Å². The number of carbonyl (C=O) groups excluding carboxylic acids is 2. The van der Waals surface area contributed by atoms with E-state index in [0.29, 0.717) is 23.8 Å². The first-order chi connectivity index (χ1) is 13.0. The molecule has 0 aromatic heterocycles. The van der Waals surface area contributed by atoms with Gasteiger partial charge in [-0.15, -0.1) is 0 Å². The number of piperazine rings is 1. The summed E-state index contributed by atoms with van der Waals surface area (Å²) < 4.78 is 0. The molecule has 142 valence electrons. The number of benzene rings is 2. The second-order valence-electron chi connectivity index (χ2n) is 6.54. The average Bonchev–Trinajstić information content (AvgIpc) is 2.66. The zero-order valence-electron chi connectivity index (χ0n) is 15.2. The quantitative estimate of drug-likeness (QED) is 0.756. The minimum Gasteiger partial charge on any atom is -0.332 e. The molecular formula is C20H23ClN4O2. The standard InChI is InChI=1S/C20H23ClN4O2/c1-14-4-2-7-17(10-14)24-20(27)23-13-19(26)25-9-8-22-12-18(25)15-5-3-6-16(21)11-15/h2-7,10-11,18,22H,8-9,12-13H2,1H3,(H2,23,24,27). The summed E-state index contributed by atoms with van der Waals surface area (Å²) in [6.45, 7) is 3.85. The Labute approximate surface area is 163 Å². The van der Waals surface area contributed by atoms with Crippen LogP contribution >= 0.6 is 11.6 Å². The molecule has 27 heavy (non-hydrogen) atoms. The average molecular weight is 387 g/mol. The third-order valence-electron chi connectivity index (χ3n) is 4.47. The lowest BCUT2D eigenvalue weighted by Gasteiger charge is -2.36. The normalized spacial score (nSPS) is 16.7. The highest BCUT2D eigenvalue weighted by Crippen LogP contribution is 2.24. The van der Waals surface area contributed by atoms with E-state index >= 15 is 0 Å². The van der Waals surface area contributed by atoms with E-state index in [1.54, 1.807) is 11.0 Å². The van der Waals surface area contributed by atoms with E-state index < -0.39 is 6.03 Å². The molecule has 6 nitrogen and oxygen atoms in total. The Hall–Kier alpha value is -2.57. The third kappa shape index (κ3) is 5.21.